The van der Waals surface area contributed by atoms with Gasteiger partial charge in [-0.2, -0.15) is 0 Å². The average molecular weight is 206 g/mol. The van der Waals surface area contributed by atoms with Crippen LogP contribution >= 0.6 is 0 Å². The van der Waals surface area contributed by atoms with Crippen molar-refractivity contribution < 1.29 is 9.53 Å². The molecule has 7 heavy (non-hydrogen) atoms. The molecular formula is C4H7O2Sn. The van der Waals surface area contributed by atoms with Crippen LogP contribution < -0.4 is 0 Å². The monoisotopic (exact) mass is 207 g/mol. The number of carbonyl (C=O) groups is 1. The zero-order valence-corrected chi connectivity index (χ0v) is 7.08. The Morgan fingerprint density at radius 1 is 1.86 bits per heavy atom. The Morgan fingerprint density at radius 3 is 2.57 bits per heavy atom. The maximum absolute atomic E-state index is 10.2. The Balaban J connectivity index is 3.00. The minimum atomic E-state index is -0.100. The molecule has 3 heteroatoms. The molecule has 0 aromatic carbocycles. The second-order valence-corrected chi connectivity index (χ2v) is 2.50. The van der Waals surface area contributed by atoms with E-state index in [1.54, 1.807) is 0 Å². The van der Waals surface area contributed by atoms with Gasteiger partial charge < -0.3 is 0 Å². The molecule has 0 saturated heterocycles. The Hall–Kier alpha value is 0.269. The molecule has 0 aliphatic heterocycles. The standard InChI is InChI=1S/C4H7O2.Sn/c1-3-4(5)6-2;/h1,3H2,2H3;. The van der Waals surface area contributed by atoms with Crippen molar-refractivity contribution in [2.24, 2.45) is 0 Å². The van der Waals surface area contributed by atoms with Crippen molar-refractivity contribution in [1.82, 2.24) is 0 Å². The third-order valence-electron chi connectivity index (χ3n) is 0.557. The number of esters is 1. The van der Waals surface area contributed by atoms with E-state index in [2.05, 4.69) is 4.74 Å². The van der Waals surface area contributed by atoms with E-state index in [0.717, 1.165) is 4.44 Å². The van der Waals surface area contributed by atoms with E-state index in [1.165, 1.54) is 29.6 Å². The van der Waals surface area contributed by atoms with Crippen LogP contribution in [0.4, 0.5) is 0 Å². The molecule has 2 nitrogen and oxygen atoms in total. The molecule has 0 N–H and O–H groups in total. The fourth-order valence-electron chi connectivity index (χ4n) is 0.204. The quantitative estimate of drug-likeness (QED) is 0.474. The normalized spacial score (nSPS) is 8.29. The summed E-state index contributed by atoms with van der Waals surface area (Å²) in [5, 5.41) is 0. The van der Waals surface area contributed by atoms with Gasteiger partial charge in [-0.15, -0.1) is 0 Å². The number of methoxy groups -OCH3 is 1. The van der Waals surface area contributed by atoms with Crippen LogP contribution in [-0.2, 0) is 9.53 Å². The third-order valence-corrected chi connectivity index (χ3v) is 1.27. The van der Waals surface area contributed by atoms with Crippen molar-refractivity contribution in [3.05, 3.63) is 0 Å². The SMILES string of the molecule is COC(=O)C[CH2][Sn]. The predicted molar refractivity (Wildman–Crippen MR) is 27.2 cm³/mol. The Morgan fingerprint density at radius 2 is 2.43 bits per heavy atom. The summed E-state index contributed by atoms with van der Waals surface area (Å²) in [7, 11) is 1.41. The van der Waals surface area contributed by atoms with Crippen molar-refractivity contribution in [3.8, 4) is 0 Å². The number of hydrogen-bond acceptors (Lipinski definition) is 2. The molecule has 0 saturated carbocycles. The van der Waals surface area contributed by atoms with Crippen LogP contribution in [0.3, 0.4) is 0 Å². The van der Waals surface area contributed by atoms with Gasteiger partial charge in [0.1, 0.15) is 0 Å². The fraction of sp³-hybridized carbons (Fsp3) is 0.750. The molecule has 0 aliphatic carbocycles. The number of carbonyl (C=O) groups excluding carboxylic acids is 1. The van der Waals surface area contributed by atoms with Gasteiger partial charge in [0, 0.05) is 0 Å². The van der Waals surface area contributed by atoms with Gasteiger partial charge in [-0.1, -0.05) is 0 Å². The molecular weight excluding hydrogens is 199 g/mol. The van der Waals surface area contributed by atoms with Gasteiger partial charge in [0.05, 0.1) is 0 Å². The van der Waals surface area contributed by atoms with E-state index in [-0.39, 0.29) is 5.97 Å². The Kier molecular flexibility index (Phi) is 4.60. The Bertz CT molecular complexity index is 62.7. The van der Waals surface area contributed by atoms with Crippen molar-refractivity contribution in [1.29, 1.82) is 0 Å². The van der Waals surface area contributed by atoms with Gasteiger partial charge in [-0.3, -0.25) is 0 Å². The number of rotatable bonds is 2. The molecule has 0 aliphatic rings. The second kappa shape index (κ2) is 4.43. The summed E-state index contributed by atoms with van der Waals surface area (Å²) in [6.07, 6.45) is 0.578. The summed E-state index contributed by atoms with van der Waals surface area (Å²) in [6.45, 7) is 0. The molecule has 0 unspecified atom stereocenters. The van der Waals surface area contributed by atoms with Gasteiger partial charge in [0.2, 0.25) is 0 Å². The summed E-state index contributed by atoms with van der Waals surface area (Å²) in [6, 6.07) is 0. The van der Waals surface area contributed by atoms with Crippen LogP contribution in [0.5, 0.6) is 0 Å². The topological polar surface area (TPSA) is 26.3 Å². The molecule has 39 valence electrons. The first kappa shape index (κ1) is 7.27. The first-order valence-electron chi connectivity index (χ1n) is 2.02. The fourth-order valence-corrected chi connectivity index (χ4v) is 0.787. The van der Waals surface area contributed by atoms with Crippen LogP contribution in [0.25, 0.3) is 0 Å². The summed E-state index contributed by atoms with van der Waals surface area (Å²) < 4.78 is 5.32. The average Bonchev–Trinajstić information content (AvgIpc) is 1.68. The van der Waals surface area contributed by atoms with Crippen molar-refractivity contribution >= 4 is 28.5 Å². The first-order chi connectivity index (χ1) is 3.31. The van der Waals surface area contributed by atoms with Gasteiger partial charge in [-0.05, 0) is 0 Å². The first-order valence-corrected chi connectivity index (χ1v) is 4.04. The molecule has 0 bridgehead atoms. The van der Waals surface area contributed by atoms with E-state index >= 15 is 0 Å². The molecule has 0 spiro atoms. The number of ether oxygens (including phenoxy) is 1. The van der Waals surface area contributed by atoms with Crippen LogP contribution in [0.15, 0.2) is 0 Å². The van der Waals surface area contributed by atoms with Gasteiger partial charge in [0.15, 0.2) is 0 Å². The second-order valence-electron chi connectivity index (χ2n) is 1.08. The molecule has 0 amide bonds. The van der Waals surface area contributed by atoms with E-state index in [4.69, 9.17) is 0 Å². The zero-order valence-electron chi connectivity index (χ0n) is 4.23. The molecule has 0 atom stereocenters. The maximum atomic E-state index is 10.2. The van der Waals surface area contributed by atoms with Gasteiger partial charge >= 0.3 is 56.0 Å². The number of hydrogen-bond donors (Lipinski definition) is 0. The molecule has 0 rings (SSSR count). The molecule has 0 fully saturated rings. The molecule has 0 aromatic heterocycles. The predicted octanol–water partition coefficient (Wildman–Crippen LogP) is 0.136. The summed E-state index contributed by atoms with van der Waals surface area (Å²) in [5.74, 6) is -0.100. The summed E-state index contributed by atoms with van der Waals surface area (Å²) in [4.78, 5) is 10.2. The minimum absolute atomic E-state index is 0.100. The molecule has 3 radical (unpaired) electrons. The van der Waals surface area contributed by atoms with E-state index in [9.17, 15) is 4.79 Å². The molecule has 0 heterocycles. The van der Waals surface area contributed by atoms with Crippen LogP contribution in [0, 0.1) is 0 Å². The van der Waals surface area contributed by atoms with Crippen molar-refractivity contribution in [3.63, 3.8) is 0 Å². The van der Waals surface area contributed by atoms with E-state index < -0.39 is 0 Å². The Labute approximate surface area is 56.3 Å². The van der Waals surface area contributed by atoms with Gasteiger partial charge in [-0.25, -0.2) is 0 Å². The van der Waals surface area contributed by atoms with Gasteiger partial charge in [0.25, 0.3) is 0 Å². The zero-order chi connectivity index (χ0) is 5.70. The summed E-state index contributed by atoms with van der Waals surface area (Å²) in [5.41, 5.74) is 0. The van der Waals surface area contributed by atoms with E-state index in [0.29, 0.717) is 6.42 Å². The summed E-state index contributed by atoms with van der Waals surface area (Å²) >= 11 is 1.39. The molecule has 0 aromatic rings. The van der Waals surface area contributed by atoms with Crippen LogP contribution in [0.2, 0.25) is 4.44 Å². The third kappa shape index (κ3) is 4.11. The van der Waals surface area contributed by atoms with Crippen LogP contribution in [0.1, 0.15) is 6.42 Å². The van der Waals surface area contributed by atoms with E-state index in [1.807, 2.05) is 0 Å². The van der Waals surface area contributed by atoms with Crippen LogP contribution in [-0.4, -0.2) is 35.6 Å². The van der Waals surface area contributed by atoms with Crippen molar-refractivity contribution in [2.75, 3.05) is 7.11 Å². The van der Waals surface area contributed by atoms with Crippen molar-refractivity contribution in [2.45, 2.75) is 10.9 Å².